The molecule has 0 atom stereocenters. The summed E-state index contributed by atoms with van der Waals surface area (Å²) in [5.74, 6) is 1.25. The SMILES string of the molecule is CC(C)c1c(C2CCCCC2)c2ccccc2n1-c1ccccc1. The third kappa shape index (κ3) is 2.56. The molecule has 24 heavy (non-hydrogen) atoms. The molecule has 1 aromatic heterocycles. The molecule has 1 nitrogen and oxygen atoms in total. The smallest absolute Gasteiger partial charge is 0.0534 e. The molecule has 0 spiro atoms. The summed E-state index contributed by atoms with van der Waals surface area (Å²) in [6.07, 6.45) is 6.87. The first-order chi connectivity index (χ1) is 11.8. The van der Waals surface area contributed by atoms with Gasteiger partial charge in [0.15, 0.2) is 0 Å². The lowest BCUT2D eigenvalue weighted by Crippen LogP contribution is -2.10. The van der Waals surface area contributed by atoms with Gasteiger partial charge in [0.05, 0.1) is 5.52 Å². The predicted molar refractivity (Wildman–Crippen MR) is 103 cm³/mol. The van der Waals surface area contributed by atoms with E-state index in [1.807, 2.05) is 0 Å². The molecule has 2 aromatic carbocycles. The van der Waals surface area contributed by atoms with Crippen LogP contribution in [0.3, 0.4) is 0 Å². The summed E-state index contributed by atoms with van der Waals surface area (Å²) in [5, 5.41) is 1.47. The highest BCUT2D eigenvalue weighted by Gasteiger charge is 2.27. The highest BCUT2D eigenvalue weighted by atomic mass is 15.0. The van der Waals surface area contributed by atoms with E-state index in [0.717, 1.165) is 5.92 Å². The Balaban J connectivity index is 2.02. The number of benzene rings is 2. The van der Waals surface area contributed by atoms with Gasteiger partial charge in [-0.05, 0) is 48.4 Å². The van der Waals surface area contributed by atoms with Crippen LogP contribution in [0.4, 0.5) is 0 Å². The third-order valence-electron chi connectivity index (χ3n) is 5.53. The highest BCUT2D eigenvalue weighted by molar-refractivity contribution is 5.88. The standard InChI is InChI=1S/C23H27N/c1-17(2)23-22(18-11-5-3-6-12-18)20-15-9-10-16-21(20)24(23)19-13-7-4-8-14-19/h4,7-10,13-18H,3,5-6,11-12H2,1-2H3. The Morgan fingerprint density at radius 3 is 2.21 bits per heavy atom. The summed E-state index contributed by atoms with van der Waals surface area (Å²) in [5.41, 5.74) is 5.81. The lowest BCUT2D eigenvalue weighted by Gasteiger charge is -2.25. The number of fused-ring (bicyclic) bond motifs is 1. The van der Waals surface area contributed by atoms with E-state index in [9.17, 15) is 0 Å². The molecule has 1 saturated carbocycles. The van der Waals surface area contributed by atoms with Crippen LogP contribution < -0.4 is 0 Å². The van der Waals surface area contributed by atoms with Crippen molar-refractivity contribution in [1.82, 2.24) is 4.57 Å². The molecule has 0 unspecified atom stereocenters. The summed E-state index contributed by atoms with van der Waals surface area (Å²) in [7, 11) is 0. The summed E-state index contributed by atoms with van der Waals surface area (Å²) in [4.78, 5) is 0. The van der Waals surface area contributed by atoms with E-state index in [0.29, 0.717) is 5.92 Å². The lowest BCUT2D eigenvalue weighted by atomic mass is 9.81. The van der Waals surface area contributed by atoms with Crippen LogP contribution in [-0.2, 0) is 0 Å². The average molecular weight is 317 g/mol. The van der Waals surface area contributed by atoms with E-state index >= 15 is 0 Å². The molecule has 1 fully saturated rings. The van der Waals surface area contributed by atoms with Crippen molar-refractivity contribution in [3.8, 4) is 5.69 Å². The van der Waals surface area contributed by atoms with Gasteiger partial charge in [0, 0.05) is 16.8 Å². The van der Waals surface area contributed by atoms with Crippen LogP contribution in [0, 0.1) is 0 Å². The molecule has 0 bridgehead atoms. The quantitative estimate of drug-likeness (QED) is 0.500. The van der Waals surface area contributed by atoms with E-state index in [1.54, 1.807) is 5.56 Å². The number of nitrogens with zero attached hydrogens (tertiary/aromatic N) is 1. The minimum absolute atomic E-state index is 0.523. The fourth-order valence-corrected chi connectivity index (χ4v) is 4.53. The minimum Gasteiger partial charge on any atom is -0.313 e. The van der Waals surface area contributed by atoms with Gasteiger partial charge >= 0.3 is 0 Å². The van der Waals surface area contributed by atoms with E-state index < -0.39 is 0 Å². The second-order valence-electron chi connectivity index (χ2n) is 7.48. The first-order valence-electron chi connectivity index (χ1n) is 9.46. The van der Waals surface area contributed by atoms with Crippen LogP contribution in [0.25, 0.3) is 16.6 Å². The summed E-state index contributed by atoms with van der Waals surface area (Å²) >= 11 is 0. The monoisotopic (exact) mass is 317 g/mol. The molecule has 1 aliphatic rings. The molecule has 1 aliphatic carbocycles. The van der Waals surface area contributed by atoms with Crippen molar-refractivity contribution in [2.75, 3.05) is 0 Å². The van der Waals surface area contributed by atoms with E-state index in [1.165, 1.54) is 54.4 Å². The number of aromatic nitrogens is 1. The zero-order valence-corrected chi connectivity index (χ0v) is 14.8. The molecule has 0 saturated heterocycles. The van der Waals surface area contributed by atoms with Gasteiger partial charge in [-0.25, -0.2) is 0 Å². The van der Waals surface area contributed by atoms with E-state index in [-0.39, 0.29) is 0 Å². The maximum atomic E-state index is 2.52. The molecule has 1 heterocycles. The van der Waals surface area contributed by atoms with Gasteiger partial charge in [-0.15, -0.1) is 0 Å². The topological polar surface area (TPSA) is 4.93 Å². The van der Waals surface area contributed by atoms with Crippen LogP contribution >= 0.6 is 0 Å². The normalized spacial score (nSPS) is 16.1. The van der Waals surface area contributed by atoms with Crippen molar-refractivity contribution in [1.29, 1.82) is 0 Å². The Kier molecular flexibility index (Phi) is 4.18. The molecule has 124 valence electrons. The average Bonchev–Trinajstić information content (AvgIpc) is 2.98. The maximum Gasteiger partial charge on any atom is 0.0534 e. The largest absolute Gasteiger partial charge is 0.313 e. The van der Waals surface area contributed by atoms with Crippen LogP contribution in [0.2, 0.25) is 0 Å². The van der Waals surface area contributed by atoms with Gasteiger partial charge < -0.3 is 4.57 Å². The van der Waals surface area contributed by atoms with Crippen molar-refractivity contribution in [2.24, 2.45) is 0 Å². The van der Waals surface area contributed by atoms with Gasteiger partial charge in [-0.2, -0.15) is 0 Å². The van der Waals surface area contributed by atoms with Gasteiger partial charge in [-0.1, -0.05) is 69.5 Å². The number of rotatable bonds is 3. The highest BCUT2D eigenvalue weighted by Crippen LogP contribution is 2.43. The first-order valence-corrected chi connectivity index (χ1v) is 9.46. The van der Waals surface area contributed by atoms with Gasteiger partial charge in [0.1, 0.15) is 0 Å². The molecule has 4 rings (SSSR count). The molecule has 0 amide bonds. The predicted octanol–water partition coefficient (Wildman–Crippen LogP) is 6.80. The van der Waals surface area contributed by atoms with Gasteiger partial charge in [-0.3, -0.25) is 0 Å². The first kappa shape index (κ1) is 15.5. The van der Waals surface area contributed by atoms with Gasteiger partial charge in [0.25, 0.3) is 0 Å². The minimum atomic E-state index is 0.523. The van der Waals surface area contributed by atoms with Crippen LogP contribution in [0.1, 0.15) is 69.0 Å². The zero-order chi connectivity index (χ0) is 16.5. The van der Waals surface area contributed by atoms with Crippen LogP contribution in [0.15, 0.2) is 54.6 Å². The van der Waals surface area contributed by atoms with Crippen molar-refractivity contribution in [3.05, 3.63) is 65.9 Å². The third-order valence-corrected chi connectivity index (χ3v) is 5.53. The second kappa shape index (κ2) is 6.47. The molecule has 0 N–H and O–H groups in total. The molecule has 0 aliphatic heterocycles. The summed E-state index contributed by atoms with van der Waals surface area (Å²) in [6.45, 7) is 4.69. The lowest BCUT2D eigenvalue weighted by molar-refractivity contribution is 0.441. The zero-order valence-electron chi connectivity index (χ0n) is 14.8. The molecular weight excluding hydrogens is 290 g/mol. The summed E-state index contributed by atoms with van der Waals surface area (Å²) in [6, 6.07) is 19.9. The Hall–Kier alpha value is -2.02. The van der Waals surface area contributed by atoms with Crippen molar-refractivity contribution in [2.45, 2.75) is 57.8 Å². The van der Waals surface area contributed by atoms with E-state index in [4.69, 9.17) is 0 Å². The van der Waals surface area contributed by atoms with E-state index in [2.05, 4.69) is 73.0 Å². The summed E-state index contributed by atoms with van der Waals surface area (Å²) < 4.78 is 2.52. The number of para-hydroxylation sites is 2. The van der Waals surface area contributed by atoms with Gasteiger partial charge in [0.2, 0.25) is 0 Å². The molecule has 0 radical (unpaired) electrons. The number of hydrogen-bond acceptors (Lipinski definition) is 0. The Bertz CT molecular complexity index is 820. The Morgan fingerprint density at radius 2 is 1.50 bits per heavy atom. The maximum absolute atomic E-state index is 2.52. The molecular formula is C23H27N. The Morgan fingerprint density at radius 1 is 0.833 bits per heavy atom. The molecule has 1 heteroatoms. The fourth-order valence-electron chi connectivity index (χ4n) is 4.53. The fraction of sp³-hybridized carbons (Fsp3) is 0.391. The number of hydrogen-bond donors (Lipinski definition) is 0. The van der Waals surface area contributed by atoms with Crippen LogP contribution in [-0.4, -0.2) is 4.57 Å². The van der Waals surface area contributed by atoms with Crippen LogP contribution in [0.5, 0.6) is 0 Å². The van der Waals surface area contributed by atoms with Crippen molar-refractivity contribution in [3.63, 3.8) is 0 Å². The Labute approximate surface area is 145 Å². The second-order valence-corrected chi connectivity index (χ2v) is 7.48. The van der Waals surface area contributed by atoms with Crippen molar-refractivity contribution >= 4 is 10.9 Å². The van der Waals surface area contributed by atoms with Crippen molar-refractivity contribution < 1.29 is 0 Å². The molecule has 3 aromatic rings.